The van der Waals surface area contributed by atoms with Crippen molar-refractivity contribution < 1.29 is 55.1 Å². The zero-order chi connectivity index (χ0) is 23.6. The normalized spacial score (nSPS) is 7.69. The topological polar surface area (TPSA) is 105 Å². The number of hydrogen-bond acceptors (Lipinski definition) is 9. The molecule has 0 aliphatic rings. The average molecular weight is 617 g/mol. The van der Waals surface area contributed by atoms with E-state index in [4.69, 9.17) is 9.47 Å². The van der Waals surface area contributed by atoms with E-state index in [0.29, 0.717) is 5.75 Å². The van der Waals surface area contributed by atoms with Gasteiger partial charge in [0.05, 0.1) is 33.0 Å². The second kappa shape index (κ2) is 29.6. The van der Waals surface area contributed by atoms with E-state index >= 15 is 0 Å². The van der Waals surface area contributed by atoms with Crippen LogP contribution in [0.2, 0.25) is 0 Å². The Labute approximate surface area is 251 Å². The first-order valence-electron chi connectivity index (χ1n) is 9.35. The zero-order valence-electron chi connectivity index (χ0n) is 21.4. The molecule has 0 N–H and O–H groups in total. The number of benzene rings is 2. The average Bonchev–Trinajstić information content (AvgIpc) is 2.80. The van der Waals surface area contributed by atoms with Gasteiger partial charge in [-0.15, -0.1) is 12.1 Å². The molecule has 36 heavy (non-hydrogen) atoms. The van der Waals surface area contributed by atoms with E-state index in [1.54, 1.807) is 39.2 Å². The maximum absolute atomic E-state index is 11.6. The van der Waals surface area contributed by atoms with Gasteiger partial charge in [0.1, 0.15) is 5.75 Å². The minimum absolute atomic E-state index is 0. The van der Waals surface area contributed by atoms with Gasteiger partial charge in [-0.2, -0.15) is 18.2 Å². The fourth-order valence-corrected chi connectivity index (χ4v) is 1.88. The van der Waals surface area contributed by atoms with Gasteiger partial charge >= 0.3 is 35.0 Å². The maximum Gasteiger partial charge on any atom is 2.00 e. The quantitative estimate of drug-likeness (QED) is 0.0631. The second-order valence-electron chi connectivity index (χ2n) is 5.46. The van der Waals surface area contributed by atoms with Gasteiger partial charge in [0.15, 0.2) is 0 Å². The SMILES string of the molecule is CCOC(=O)C(=O)c1ccccc1OC.CCOC(=O)C(C)=O.COc1[c-]cccc1.[Br-].[CH3-].[Mg+2].[PH2-].[SH-]. The summed E-state index contributed by atoms with van der Waals surface area (Å²) in [6, 6.07) is 16.9. The zero-order valence-corrected chi connectivity index (χ0v) is 26.5. The fourth-order valence-electron chi connectivity index (χ4n) is 1.88. The number of esters is 2. The van der Waals surface area contributed by atoms with E-state index < -0.39 is 23.5 Å². The van der Waals surface area contributed by atoms with Crippen LogP contribution >= 0.6 is 9.90 Å². The summed E-state index contributed by atoms with van der Waals surface area (Å²) in [6.07, 6.45) is 0. The Balaban J connectivity index is -0.0000000937. The Morgan fingerprint density at radius 2 is 1.33 bits per heavy atom. The number of halogens is 1. The fraction of sp³-hybridized carbons (Fsp3) is 0.292. The Morgan fingerprint density at radius 3 is 1.69 bits per heavy atom. The van der Waals surface area contributed by atoms with Crippen LogP contribution in [0.5, 0.6) is 11.5 Å². The largest absolute Gasteiger partial charge is 2.00 e. The summed E-state index contributed by atoms with van der Waals surface area (Å²) in [4.78, 5) is 43.0. The minimum atomic E-state index is -0.859. The summed E-state index contributed by atoms with van der Waals surface area (Å²) in [6.45, 7) is 4.92. The molecule has 0 heterocycles. The molecule has 8 nitrogen and oxygen atoms in total. The molecule has 2 aromatic rings. The molecule has 0 aromatic heterocycles. The van der Waals surface area contributed by atoms with Gasteiger partial charge in [0, 0.05) is 12.7 Å². The number of ketones is 2. The third kappa shape index (κ3) is 20.5. The molecule has 0 amide bonds. The molecule has 0 aliphatic carbocycles. The first-order valence-corrected chi connectivity index (χ1v) is 9.35. The number of ether oxygens (including phenoxy) is 4. The molecule has 0 atom stereocenters. The van der Waals surface area contributed by atoms with Crippen molar-refractivity contribution in [2.75, 3.05) is 27.4 Å². The van der Waals surface area contributed by atoms with Crippen molar-refractivity contribution in [3.05, 3.63) is 67.6 Å². The van der Waals surface area contributed by atoms with Crippen molar-refractivity contribution >= 4 is 70.0 Å². The van der Waals surface area contributed by atoms with E-state index in [2.05, 4.69) is 15.5 Å². The van der Waals surface area contributed by atoms with Crippen molar-refractivity contribution in [2.24, 2.45) is 0 Å². The van der Waals surface area contributed by atoms with Crippen LogP contribution in [0.1, 0.15) is 31.1 Å². The van der Waals surface area contributed by atoms with Gasteiger partial charge in [0.2, 0.25) is 5.78 Å². The Morgan fingerprint density at radius 1 is 0.833 bits per heavy atom. The summed E-state index contributed by atoms with van der Waals surface area (Å²) >= 11 is 0. The molecule has 200 valence electrons. The summed E-state index contributed by atoms with van der Waals surface area (Å²) in [5, 5.41) is 0. The smallest absolute Gasteiger partial charge is 1.00 e. The predicted octanol–water partition coefficient (Wildman–Crippen LogP) is 0.204. The standard InChI is InChI=1S/C11H12O4.C7H7O.C5H8O3.CH3.BrH.Mg.H2P.H2S/c1-3-15-11(13)10(12)8-6-4-5-7-9(8)14-2;1-8-7-5-3-2-4-6-7;1-3-8-5(7)4(2)6;;;;;/h4-7H,3H2,1-2H3;2-5H,1H3;3H2,1-2H3;1H3;1H;;2*1H2/q;-1;;-1;;+2;-1;/p-2. The van der Waals surface area contributed by atoms with E-state index in [-0.39, 0.29) is 89.6 Å². The number of para-hydroxylation sites is 2. The maximum atomic E-state index is 11.6. The molecule has 0 unspecified atom stereocenters. The van der Waals surface area contributed by atoms with Crippen LogP contribution in [-0.2, 0) is 37.4 Å². The second-order valence-corrected chi connectivity index (χ2v) is 5.46. The summed E-state index contributed by atoms with van der Waals surface area (Å²) in [5.74, 6) is -1.70. The minimum Gasteiger partial charge on any atom is -1.00 e. The molecule has 0 radical (unpaired) electrons. The summed E-state index contributed by atoms with van der Waals surface area (Å²) < 4.78 is 18.8. The molecule has 0 aliphatic heterocycles. The van der Waals surface area contributed by atoms with Crippen LogP contribution in [0.25, 0.3) is 0 Å². The van der Waals surface area contributed by atoms with Crippen LogP contribution < -0.4 is 26.5 Å². The molecular formula is C24H33BrMgO8PS-3. The summed E-state index contributed by atoms with van der Waals surface area (Å²) in [5.41, 5.74) is 0.221. The third-order valence-corrected chi connectivity index (χ3v) is 3.28. The third-order valence-electron chi connectivity index (χ3n) is 3.28. The molecule has 0 fully saturated rings. The number of carbonyl (C=O) groups excluding carboxylic acids is 4. The van der Waals surface area contributed by atoms with Crippen molar-refractivity contribution in [2.45, 2.75) is 20.8 Å². The molecule has 0 spiro atoms. The van der Waals surface area contributed by atoms with Crippen LogP contribution in [0.15, 0.2) is 48.5 Å². The Kier molecular flexibility index (Phi) is 39.0. The van der Waals surface area contributed by atoms with Crippen LogP contribution in [-0.4, -0.2) is 74.0 Å². The first-order chi connectivity index (χ1) is 14.8. The summed E-state index contributed by atoms with van der Waals surface area (Å²) in [7, 11) is 3.07. The number of rotatable bonds is 7. The molecule has 2 rings (SSSR count). The number of hydrogen-bond donors (Lipinski definition) is 0. The van der Waals surface area contributed by atoms with Gasteiger partial charge in [-0.25, -0.2) is 9.59 Å². The van der Waals surface area contributed by atoms with Crippen LogP contribution in [0, 0.1) is 13.5 Å². The van der Waals surface area contributed by atoms with Gasteiger partial charge < -0.3 is 66.8 Å². The Hall–Kier alpha value is -1.65. The monoisotopic (exact) mass is 615 g/mol. The number of carbonyl (C=O) groups is 4. The van der Waals surface area contributed by atoms with Crippen LogP contribution in [0.3, 0.4) is 0 Å². The van der Waals surface area contributed by atoms with Crippen molar-refractivity contribution in [3.63, 3.8) is 0 Å². The predicted molar refractivity (Wildman–Crippen MR) is 144 cm³/mol. The molecular weight excluding hydrogens is 584 g/mol. The van der Waals surface area contributed by atoms with Gasteiger partial charge in [-0.1, -0.05) is 12.1 Å². The number of thiol groups is 1. The number of methoxy groups -OCH3 is 2. The van der Waals surface area contributed by atoms with Gasteiger partial charge in [0.25, 0.3) is 5.78 Å². The van der Waals surface area contributed by atoms with Crippen molar-refractivity contribution in [1.82, 2.24) is 0 Å². The van der Waals surface area contributed by atoms with Crippen molar-refractivity contribution in [3.8, 4) is 11.5 Å². The molecule has 0 saturated carbocycles. The van der Waals surface area contributed by atoms with E-state index in [9.17, 15) is 19.2 Å². The molecule has 0 bridgehead atoms. The molecule has 12 heteroatoms. The molecule has 0 saturated heterocycles. The Bertz CT molecular complexity index is 857. The van der Waals surface area contributed by atoms with E-state index in [0.717, 1.165) is 5.75 Å². The van der Waals surface area contributed by atoms with E-state index in [1.165, 1.54) is 20.1 Å². The first kappa shape index (κ1) is 47.5. The molecule has 2 aromatic carbocycles. The van der Waals surface area contributed by atoms with Crippen molar-refractivity contribution in [1.29, 1.82) is 0 Å². The van der Waals surface area contributed by atoms with Gasteiger partial charge in [-0.3, -0.25) is 9.59 Å². The van der Waals surface area contributed by atoms with Gasteiger partial charge in [-0.05, 0) is 26.0 Å². The van der Waals surface area contributed by atoms with Crippen LogP contribution in [0.4, 0.5) is 0 Å². The van der Waals surface area contributed by atoms with E-state index in [1.807, 2.05) is 24.3 Å². The number of Topliss-reactive ketones (excluding diaryl/α,β-unsaturated/α-hetero) is 2.